The van der Waals surface area contributed by atoms with Gasteiger partial charge in [-0.25, -0.2) is 0 Å². The van der Waals surface area contributed by atoms with Crippen LogP contribution < -0.4 is 19.5 Å². The van der Waals surface area contributed by atoms with Crippen LogP contribution in [0.25, 0.3) is 0 Å². The Hall–Kier alpha value is -1.70. The van der Waals surface area contributed by atoms with Gasteiger partial charge in [-0.2, -0.15) is 0 Å². The first kappa shape index (κ1) is 34.8. The molecule has 9 unspecified atom stereocenters. The highest BCUT2D eigenvalue weighted by molar-refractivity contribution is 5.51. The number of unbranched alkanes of at least 4 members (excludes halogenated alkanes) is 7. The predicted molar refractivity (Wildman–Crippen MR) is 157 cm³/mol. The maximum atomic E-state index is 11.1. The Morgan fingerprint density at radius 3 is 2.14 bits per heavy atom. The number of rotatable bonds is 17. The van der Waals surface area contributed by atoms with Gasteiger partial charge in [-0.3, -0.25) is 0 Å². The number of nitrogens with one attached hydrogen (secondary N) is 1. The van der Waals surface area contributed by atoms with Crippen molar-refractivity contribution in [3.63, 3.8) is 0 Å². The van der Waals surface area contributed by atoms with Gasteiger partial charge >= 0.3 is 0 Å². The summed E-state index contributed by atoms with van der Waals surface area (Å²) in [4.78, 5) is 0. The van der Waals surface area contributed by atoms with Gasteiger partial charge in [-0.05, 0) is 38.9 Å². The molecule has 0 spiro atoms. The van der Waals surface area contributed by atoms with Crippen LogP contribution >= 0.6 is 0 Å². The molecule has 9 atom stereocenters. The lowest BCUT2D eigenvalue weighted by atomic mass is 9.84. The number of benzene rings is 1. The molecule has 0 aliphatic carbocycles. The molecule has 2 saturated heterocycles. The second-order valence-electron chi connectivity index (χ2n) is 11.7. The Balaban J connectivity index is 1.68. The largest absolute Gasteiger partial charge is 0.493 e. The van der Waals surface area contributed by atoms with E-state index in [1.807, 2.05) is 6.92 Å². The molecular formula is C31H53NO10. The lowest BCUT2D eigenvalue weighted by Gasteiger charge is -2.48. The van der Waals surface area contributed by atoms with Gasteiger partial charge in [-0.1, -0.05) is 57.9 Å². The molecule has 2 aliphatic rings. The first-order chi connectivity index (χ1) is 20.2. The van der Waals surface area contributed by atoms with Crippen LogP contribution in [0.3, 0.4) is 0 Å². The van der Waals surface area contributed by atoms with E-state index in [2.05, 4.69) is 12.2 Å². The SMILES string of the molecule is CCCCCCCCCCNC1(C)CC(OC2C(Oc3c(OC)cccc3OC)OC(CO)C(O)C2O)OC(C)C1O. The van der Waals surface area contributed by atoms with Crippen LogP contribution in [0.1, 0.15) is 78.6 Å². The van der Waals surface area contributed by atoms with Gasteiger partial charge in [0.2, 0.25) is 12.0 Å². The Labute approximate surface area is 250 Å². The lowest BCUT2D eigenvalue weighted by molar-refractivity contribution is -0.334. The van der Waals surface area contributed by atoms with Crippen LogP contribution in [0, 0.1) is 0 Å². The monoisotopic (exact) mass is 599 g/mol. The summed E-state index contributed by atoms with van der Waals surface area (Å²) in [6, 6.07) is 5.10. The topological polar surface area (TPSA) is 148 Å². The lowest BCUT2D eigenvalue weighted by Crippen LogP contribution is -2.65. The van der Waals surface area contributed by atoms with Crippen molar-refractivity contribution in [1.82, 2.24) is 5.32 Å². The molecule has 3 rings (SSSR count). The first-order valence-corrected chi connectivity index (χ1v) is 15.4. The summed E-state index contributed by atoms with van der Waals surface area (Å²) in [5.41, 5.74) is -0.710. The molecule has 2 heterocycles. The number of para-hydroxylation sites is 1. The molecule has 2 aliphatic heterocycles. The number of aliphatic hydroxyl groups excluding tert-OH is 4. The van der Waals surface area contributed by atoms with Crippen LogP contribution in [0.4, 0.5) is 0 Å². The molecule has 0 radical (unpaired) electrons. The minimum absolute atomic E-state index is 0.214. The van der Waals surface area contributed by atoms with Crippen molar-refractivity contribution in [2.75, 3.05) is 27.4 Å². The summed E-state index contributed by atoms with van der Waals surface area (Å²) in [5, 5.41) is 46.1. The Morgan fingerprint density at radius 2 is 1.55 bits per heavy atom. The highest BCUT2D eigenvalue weighted by Gasteiger charge is 2.51. The summed E-state index contributed by atoms with van der Waals surface area (Å²) in [5.74, 6) is 0.939. The quantitative estimate of drug-likeness (QED) is 0.168. The van der Waals surface area contributed by atoms with Gasteiger partial charge in [0.25, 0.3) is 0 Å². The van der Waals surface area contributed by atoms with Crippen LogP contribution in [0.5, 0.6) is 17.2 Å². The van der Waals surface area contributed by atoms with Crippen molar-refractivity contribution < 1.29 is 48.8 Å². The van der Waals surface area contributed by atoms with Crippen LogP contribution in [0.2, 0.25) is 0 Å². The van der Waals surface area contributed by atoms with E-state index in [1.54, 1.807) is 25.1 Å². The second kappa shape index (κ2) is 17.0. The van der Waals surface area contributed by atoms with E-state index in [9.17, 15) is 20.4 Å². The minimum Gasteiger partial charge on any atom is -0.493 e. The fourth-order valence-corrected chi connectivity index (χ4v) is 5.76. The first-order valence-electron chi connectivity index (χ1n) is 15.4. The van der Waals surface area contributed by atoms with E-state index in [4.69, 9.17) is 28.4 Å². The van der Waals surface area contributed by atoms with Gasteiger partial charge in [0.15, 0.2) is 23.9 Å². The molecule has 242 valence electrons. The van der Waals surface area contributed by atoms with Crippen LogP contribution in [0.15, 0.2) is 18.2 Å². The molecule has 0 bridgehead atoms. The van der Waals surface area contributed by atoms with E-state index < -0.39 is 61.3 Å². The normalized spacial score (nSPS) is 33.4. The van der Waals surface area contributed by atoms with Gasteiger partial charge in [0.1, 0.15) is 18.3 Å². The Bertz CT molecular complexity index is 899. The van der Waals surface area contributed by atoms with E-state index in [0.717, 1.165) is 19.4 Å². The standard InChI is InChI=1S/C31H53NO10/c1-6-7-8-9-10-11-12-13-17-32-31(3)18-24(39-20(2)29(31)36)41-28-26(35)25(34)23(19-33)40-30(28)42-27-21(37-4)15-14-16-22(27)38-5/h14-16,20,23-26,28-30,32-36H,6-13,17-19H2,1-5H3. The summed E-state index contributed by atoms with van der Waals surface area (Å²) in [7, 11) is 2.97. The molecule has 11 heteroatoms. The predicted octanol–water partition coefficient (Wildman–Crippen LogP) is 2.89. The minimum atomic E-state index is -1.47. The maximum absolute atomic E-state index is 11.1. The zero-order valence-corrected chi connectivity index (χ0v) is 25.9. The summed E-state index contributed by atoms with van der Waals surface area (Å²) < 4.78 is 35.1. The molecule has 2 fully saturated rings. The highest BCUT2D eigenvalue weighted by Crippen LogP contribution is 2.40. The third kappa shape index (κ3) is 8.92. The molecule has 0 saturated carbocycles. The number of hydrogen-bond acceptors (Lipinski definition) is 11. The van der Waals surface area contributed by atoms with Crippen LogP contribution in [-0.4, -0.2) is 103 Å². The van der Waals surface area contributed by atoms with Crippen molar-refractivity contribution in [1.29, 1.82) is 0 Å². The van der Waals surface area contributed by atoms with Crippen molar-refractivity contribution >= 4 is 0 Å². The third-order valence-electron chi connectivity index (χ3n) is 8.36. The zero-order chi connectivity index (χ0) is 30.7. The Kier molecular flexibility index (Phi) is 14.0. The van der Waals surface area contributed by atoms with Gasteiger partial charge in [-0.15, -0.1) is 0 Å². The van der Waals surface area contributed by atoms with Gasteiger partial charge < -0.3 is 54.2 Å². The number of methoxy groups -OCH3 is 2. The molecule has 11 nitrogen and oxygen atoms in total. The second-order valence-corrected chi connectivity index (χ2v) is 11.7. The maximum Gasteiger partial charge on any atom is 0.230 e. The number of hydrogen-bond donors (Lipinski definition) is 5. The molecule has 0 aromatic heterocycles. The summed E-state index contributed by atoms with van der Waals surface area (Å²) in [6.07, 6.45) is 1.30. The van der Waals surface area contributed by atoms with E-state index in [0.29, 0.717) is 11.5 Å². The zero-order valence-electron chi connectivity index (χ0n) is 25.9. The smallest absolute Gasteiger partial charge is 0.230 e. The fraction of sp³-hybridized carbons (Fsp3) is 0.806. The summed E-state index contributed by atoms with van der Waals surface area (Å²) in [6.45, 7) is 6.13. The van der Waals surface area contributed by atoms with E-state index >= 15 is 0 Å². The number of aliphatic hydroxyl groups is 4. The molecule has 42 heavy (non-hydrogen) atoms. The molecule has 1 aromatic rings. The van der Waals surface area contributed by atoms with Gasteiger partial charge in [0, 0.05) is 12.0 Å². The van der Waals surface area contributed by atoms with Crippen LogP contribution in [-0.2, 0) is 14.2 Å². The van der Waals surface area contributed by atoms with Crippen molar-refractivity contribution in [3.05, 3.63) is 18.2 Å². The molecule has 5 N–H and O–H groups in total. The third-order valence-corrected chi connectivity index (χ3v) is 8.36. The molecular weight excluding hydrogens is 546 g/mol. The highest BCUT2D eigenvalue weighted by atomic mass is 16.8. The average Bonchev–Trinajstić information content (AvgIpc) is 2.98. The fourth-order valence-electron chi connectivity index (χ4n) is 5.76. The van der Waals surface area contributed by atoms with Gasteiger partial charge in [0.05, 0.1) is 33.0 Å². The van der Waals surface area contributed by atoms with Crippen molar-refractivity contribution in [3.8, 4) is 17.2 Å². The average molecular weight is 600 g/mol. The summed E-state index contributed by atoms with van der Waals surface area (Å²) >= 11 is 0. The Morgan fingerprint density at radius 1 is 0.929 bits per heavy atom. The molecule has 0 amide bonds. The number of ether oxygens (including phenoxy) is 6. The van der Waals surface area contributed by atoms with Crippen molar-refractivity contribution in [2.45, 2.75) is 133 Å². The molecule has 1 aromatic carbocycles. The van der Waals surface area contributed by atoms with E-state index in [-0.39, 0.29) is 12.2 Å². The van der Waals surface area contributed by atoms with E-state index in [1.165, 1.54) is 52.7 Å². The van der Waals surface area contributed by atoms with Crippen molar-refractivity contribution in [2.24, 2.45) is 0 Å².